The number of nitrogens with two attached hydrogens (primary N) is 1. The Hall–Kier alpha value is -0.450. The van der Waals surface area contributed by atoms with E-state index in [1.165, 1.54) is 25.3 Å². The molecule has 0 saturated heterocycles. The molecule has 0 heterocycles. The van der Waals surface area contributed by atoms with Crippen LogP contribution in [0.15, 0.2) is 22.7 Å². The molecule has 0 amide bonds. The normalized spacial score (nSPS) is 17.5. The lowest BCUT2D eigenvalue weighted by Gasteiger charge is -2.43. The molecule has 106 valence electrons. The minimum atomic E-state index is -0.117. The Bertz CT molecular complexity index is 427. The quantitative estimate of drug-likeness (QED) is 0.868. The van der Waals surface area contributed by atoms with Gasteiger partial charge in [0, 0.05) is 17.6 Å². The number of benzene rings is 1. The molecule has 1 aliphatic carbocycles. The zero-order valence-electron chi connectivity index (χ0n) is 11.5. The Kier molecular flexibility index (Phi) is 4.98. The van der Waals surface area contributed by atoms with Gasteiger partial charge in [-0.05, 0) is 62.0 Å². The Morgan fingerprint density at radius 1 is 1.42 bits per heavy atom. The summed E-state index contributed by atoms with van der Waals surface area (Å²) in [5, 5.41) is 0. The van der Waals surface area contributed by atoms with Gasteiger partial charge >= 0.3 is 0 Å². The van der Waals surface area contributed by atoms with E-state index in [1.54, 1.807) is 6.07 Å². The van der Waals surface area contributed by atoms with E-state index >= 15 is 0 Å². The molecule has 0 aromatic heterocycles. The average Bonchev–Trinajstić information content (AvgIpc) is 2.35. The minimum Gasteiger partial charge on any atom is -0.330 e. The maximum atomic E-state index is 13.6. The SMILES string of the molecule is CN(CCc1cc(Br)ccc1F)CC1(CN)CCC1. The standard InChI is InChI=1S/C15H22BrFN2/c1-19(11-15(10-18)6-2-7-15)8-5-12-9-13(16)3-4-14(12)17/h3-4,9H,2,5-8,10-11,18H2,1H3. The molecule has 0 atom stereocenters. The van der Waals surface area contributed by atoms with Crippen molar-refractivity contribution in [2.24, 2.45) is 11.1 Å². The second-order valence-corrected chi connectivity index (χ2v) is 6.70. The third-order valence-corrected chi connectivity index (χ3v) is 4.72. The van der Waals surface area contributed by atoms with Crippen LogP contribution in [0, 0.1) is 11.2 Å². The zero-order valence-corrected chi connectivity index (χ0v) is 13.0. The van der Waals surface area contributed by atoms with Crippen LogP contribution in [0.5, 0.6) is 0 Å². The first kappa shape index (κ1) is 14.9. The first-order chi connectivity index (χ1) is 9.04. The van der Waals surface area contributed by atoms with Gasteiger partial charge in [-0.2, -0.15) is 0 Å². The van der Waals surface area contributed by atoms with Crippen molar-refractivity contribution in [1.82, 2.24) is 4.90 Å². The molecule has 0 aliphatic heterocycles. The Morgan fingerprint density at radius 3 is 2.74 bits per heavy atom. The molecule has 2 rings (SSSR count). The molecule has 1 aliphatic rings. The molecule has 0 bridgehead atoms. The molecule has 1 saturated carbocycles. The third kappa shape index (κ3) is 3.77. The van der Waals surface area contributed by atoms with Crippen molar-refractivity contribution in [2.45, 2.75) is 25.7 Å². The van der Waals surface area contributed by atoms with Crippen molar-refractivity contribution in [2.75, 3.05) is 26.7 Å². The highest BCUT2D eigenvalue weighted by molar-refractivity contribution is 9.10. The summed E-state index contributed by atoms with van der Waals surface area (Å²) in [5.41, 5.74) is 6.97. The molecule has 0 radical (unpaired) electrons. The summed E-state index contributed by atoms with van der Waals surface area (Å²) < 4.78 is 14.6. The summed E-state index contributed by atoms with van der Waals surface area (Å²) in [6, 6.07) is 5.12. The highest BCUT2D eigenvalue weighted by Gasteiger charge is 2.36. The summed E-state index contributed by atoms with van der Waals surface area (Å²) in [6.45, 7) is 2.66. The molecule has 19 heavy (non-hydrogen) atoms. The molecular formula is C15H22BrFN2. The van der Waals surface area contributed by atoms with Crippen molar-refractivity contribution in [3.63, 3.8) is 0 Å². The van der Waals surface area contributed by atoms with Crippen molar-refractivity contribution in [3.05, 3.63) is 34.1 Å². The number of hydrogen-bond acceptors (Lipinski definition) is 2. The lowest BCUT2D eigenvalue weighted by Crippen LogP contribution is -2.46. The Morgan fingerprint density at radius 2 is 2.16 bits per heavy atom. The maximum Gasteiger partial charge on any atom is 0.126 e. The zero-order chi connectivity index (χ0) is 13.9. The minimum absolute atomic E-state index is 0.117. The summed E-state index contributed by atoms with van der Waals surface area (Å²) >= 11 is 3.39. The van der Waals surface area contributed by atoms with Crippen LogP contribution in [0.4, 0.5) is 4.39 Å². The van der Waals surface area contributed by atoms with E-state index in [0.717, 1.165) is 36.1 Å². The van der Waals surface area contributed by atoms with Crippen molar-refractivity contribution in [3.8, 4) is 0 Å². The van der Waals surface area contributed by atoms with E-state index in [9.17, 15) is 4.39 Å². The second kappa shape index (κ2) is 6.33. The fraction of sp³-hybridized carbons (Fsp3) is 0.600. The summed E-state index contributed by atoms with van der Waals surface area (Å²) in [7, 11) is 2.10. The van der Waals surface area contributed by atoms with Gasteiger partial charge in [0.05, 0.1) is 0 Å². The van der Waals surface area contributed by atoms with E-state index in [4.69, 9.17) is 5.73 Å². The van der Waals surface area contributed by atoms with Crippen LogP contribution in [0.2, 0.25) is 0 Å². The summed E-state index contributed by atoms with van der Waals surface area (Å²) in [4.78, 5) is 2.28. The molecule has 1 aromatic rings. The average molecular weight is 329 g/mol. The van der Waals surface area contributed by atoms with Crippen LogP contribution in [-0.2, 0) is 6.42 Å². The van der Waals surface area contributed by atoms with E-state index in [2.05, 4.69) is 27.9 Å². The number of rotatable bonds is 6. The number of nitrogens with zero attached hydrogens (tertiary/aromatic N) is 1. The van der Waals surface area contributed by atoms with Gasteiger partial charge in [0.1, 0.15) is 5.82 Å². The molecule has 2 N–H and O–H groups in total. The third-order valence-electron chi connectivity index (χ3n) is 4.22. The summed E-state index contributed by atoms with van der Waals surface area (Å²) in [6.07, 6.45) is 4.51. The van der Waals surface area contributed by atoms with Gasteiger partial charge in [0.25, 0.3) is 0 Å². The smallest absolute Gasteiger partial charge is 0.126 e. The van der Waals surface area contributed by atoms with Crippen LogP contribution in [-0.4, -0.2) is 31.6 Å². The van der Waals surface area contributed by atoms with Gasteiger partial charge in [0.2, 0.25) is 0 Å². The Labute approximate surface area is 123 Å². The van der Waals surface area contributed by atoms with E-state index in [0.29, 0.717) is 5.41 Å². The predicted octanol–water partition coefficient (Wildman–Crippen LogP) is 3.19. The monoisotopic (exact) mass is 328 g/mol. The van der Waals surface area contributed by atoms with Gasteiger partial charge in [0.15, 0.2) is 0 Å². The van der Waals surface area contributed by atoms with Gasteiger partial charge in [-0.1, -0.05) is 22.4 Å². The number of halogens is 2. The molecule has 1 fully saturated rings. The fourth-order valence-corrected chi connectivity index (χ4v) is 3.21. The molecule has 2 nitrogen and oxygen atoms in total. The Balaban J connectivity index is 1.86. The van der Waals surface area contributed by atoms with E-state index in [-0.39, 0.29) is 5.82 Å². The fourth-order valence-electron chi connectivity index (χ4n) is 2.80. The van der Waals surface area contributed by atoms with Crippen molar-refractivity contribution in [1.29, 1.82) is 0 Å². The molecule has 4 heteroatoms. The predicted molar refractivity (Wildman–Crippen MR) is 80.6 cm³/mol. The molecular weight excluding hydrogens is 307 g/mol. The van der Waals surface area contributed by atoms with E-state index < -0.39 is 0 Å². The molecule has 1 aromatic carbocycles. The largest absolute Gasteiger partial charge is 0.330 e. The molecule has 0 unspecified atom stereocenters. The van der Waals surface area contributed by atoms with E-state index in [1.807, 2.05) is 6.07 Å². The maximum absolute atomic E-state index is 13.6. The van der Waals surface area contributed by atoms with Gasteiger partial charge < -0.3 is 10.6 Å². The number of likely N-dealkylation sites (N-methyl/N-ethyl adjacent to an activating group) is 1. The topological polar surface area (TPSA) is 29.3 Å². The lowest BCUT2D eigenvalue weighted by molar-refractivity contribution is 0.0881. The lowest BCUT2D eigenvalue weighted by atomic mass is 9.68. The van der Waals surface area contributed by atoms with Crippen LogP contribution in [0.3, 0.4) is 0 Å². The number of hydrogen-bond donors (Lipinski definition) is 1. The first-order valence-electron chi connectivity index (χ1n) is 6.87. The van der Waals surface area contributed by atoms with Gasteiger partial charge in [-0.3, -0.25) is 0 Å². The van der Waals surface area contributed by atoms with Crippen LogP contribution in [0.1, 0.15) is 24.8 Å². The highest BCUT2D eigenvalue weighted by atomic mass is 79.9. The van der Waals surface area contributed by atoms with Crippen LogP contribution >= 0.6 is 15.9 Å². The van der Waals surface area contributed by atoms with Crippen LogP contribution < -0.4 is 5.73 Å². The second-order valence-electron chi connectivity index (χ2n) is 5.78. The van der Waals surface area contributed by atoms with Crippen LogP contribution in [0.25, 0.3) is 0 Å². The van der Waals surface area contributed by atoms with Crippen molar-refractivity contribution < 1.29 is 4.39 Å². The van der Waals surface area contributed by atoms with Gasteiger partial charge in [-0.25, -0.2) is 4.39 Å². The van der Waals surface area contributed by atoms with Crippen molar-refractivity contribution >= 4 is 15.9 Å². The van der Waals surface area contributed by atoms with Gasteiger partial charge in [-0.15, -0.1) is 0 Å². The summed E-state index contributed by atoms with van der Waals surface area (Å²) in [5.74, 6) is -0.117. The first-order valence-corrected chi connectivity index (χ1v) is 7.66. The molecule has 0 spiro atoms. The highest BCUT2D eigenvalue weighted by Crippen LogP contribution is 2.40.